The van der Waals surface area contributed by atoms with Gasteiger partial charge in [-0.3, -0.25) is 19.7 Å². The standard InChI is InChI=1S/C19H18FN5O2/c20-13-3-4-15-12(8-13)9-14(18(21)26)17(23-15)11-2-1-7-25(10-11)19(27)16-5-6-22-24-16/h3-6,8-9,11H,1-2,7,10H2,(H2,21,26)(H,22,24)/t11-/m1/s1. The molecule has 1 saturated heterocycles. The monoisotopic (exact) mass is 367 g/mol. The zero-order chi connectivity index (χ0) is 19.0. The highest BCUT2D eigenvalue weighted by Gasteiger charge is 2.29. The van der Waals surface area contributed by atoms with E-state index in [1.54, 1.807) is 23.1 Å². The number of aromatic nitrogens is 3. The van der Waals surface area contributed by atoms with Crippen LogP contribution in [0.2, 0.25) is 0 Å². The van der Waals surface area contributed by atoms with E-state index in [0.29, 0.717) is 35.4 Å². The van der Waals surface area contributed by atoms with Crippen LogP contribution in [0, 0.1) is 5.82 Å². The molecule has 0 saturated carbocycles. The van der Waals surface area contributed by atoms with E-state index < -0.39 is 11.7 Å². The lowest BCUT2D eigenvalue weighted by atomic mass is 9.90. The van der Waals surface area contributed by atoms with Gasteiger partial charge in [-0.1, -0.05) is 0 Å². The Labute approximate surface area is 154 Å². The Morgan fingerprint density at radius 3 is 2.85 bits per heavy atom. The van der Waals surface area contributed by atoms with Crippen LogP contribution in [-0.4, -0.2) is 45.0 Å². The van der Waals surface area contributed by atoms with E-state index in [9.17, 15) is 14.0 Å². The number of carbonyl (C=O) groups excluding carboxylic acids is 2. The van der Waals surface area contributed by atoms with E-state index in [1.165, 1.54) is 18.3 Å². The molecule has 1 aliphatic heterocycles. The van der Waals surface area contributed by atoms with Gasteiger partial charge in [0.05, 0.1) is 16.8 Å². The van der Waals surface area contributed by atoms with Gasteiger partial charge in [-0.05, 0) is 43.2 Å². The number of aromatic amines is 1. The third kappa shape index (κ3) is 3.25. The largest absolute Gasteiger partial charge is 0.366 e. The molecule has 1 aliphatic rings. The van der Waals surface area contributed by atoms with Crippen LogP contribution in [0.4, 0.5) is 4.39 Å². The number of carbonyl (C=O) groups is 2. The van der Waals surface area contributed by atoms with Gasteiger partial charge in [-0.15, -0.1) is 0 Å². The summed E-state index contributed by atoms with van der Waals surface area (Å²) in [5, 5.41) is 7.02. The fourth-order valence-corrected chi connectivity index (χ4v) is 3.60. The minimum absolute atomic E-state index is 0.123. The molecule has 2 aromatic heterocycles. The van der Waals surface area contributed by atoms with Crippen LogP contribution in [0.5, 0.6) is 0 Å². The molecule has 0 radical (unpaired) electrons. The summed E-state index contributed by atoms with van der Waals surface area (Å²) in [6.45, 7) is 1.05. The quantitative estimate of drug-likeness (QED) is 0.740. The molecular weight excluding hydrogens is 349 g/mol. The third-order valence-electron chi connectivity index (χ3n) is 4.90. The van der Waals surface area contributed by atoms with Crippen molar-refractivity contribution in [3.8, 4) is 0 Å². The summed E-state index contributed by atoms with van der Waals surface area (Å²) in [5.41, 5.74) is 7.40. The Bertz CT molecular complexity index is 1020. The van der Waals surface area contributed by atoms with Crippen molar-refractivity contribution in [1.29, 1.82) is 0 Å². The minimum atomic E-state index is -0.610. The summed E-state index contributed by atoms with van der Waals surface area (Å²) in [7, 11) is 0. The molecule has 1 fully saturated rings. The number of H-pyrrole nitrogens is 1. The zero-order valence-electron chi connectivity index (χ0n) is 14.5. The first-order chi connectivity index (χ1) is 13.0. The summed E-state index contributed by atoms with van der Waals surface area (Å²) < 4.78 is 13.5. The minimum Gasteiger partial charge on any atom is -0.366 e. The van der Waals surface area contributed by atoms with Gasteiger partial charge >= 0.3 is 0 Å². The molecule has 1 aromatic carbocycles. The summed E-state index contributed by atoms with van der Waals surface area (Å²) in [6.07, 6.45) is 3.10. The number of benzene rings is 1. The number of halogens is 1. The number of hydrogen-bond acceptors (Lipinski definition) is 4. The molecule has 2 amide bonds. The molecule has 3 N–H and O–H groups in total. The first-order valence-electron chi connectivity index (χ1n) is 8.71. The van der Waals surface area contributed by atoms with Crippen molar-refractivity contribution < 1.29 is 14.0 Å². The Balaban J connectivity index is 1.70. The normalized spacial score (nSPS) is 17.2. The average molecular weight is 367 g/mol. The molecule has 3 aromatic rings. The smallest absolute Gasteiger partial charge is 0.271 e. The molecule has 138 valence electrons. The molecule has 3 heterocycles. The van der Waals surface area contributed by atoms with E-state index in [2.05, 4.69) is 15.2 Å². The highest BCUT2D eigenvalue weighted by atomic mass is 19.1. The molecule has 4 rings (SSSR count). The van der Waals surface area contributed by atoms with Crippen molar-refractivity contribution in [3.63, 3.8) is 0 Å². The number of nitrogens with one attached hydrogen (secondary N) is 1. The molecule has 0 bridgehead atoms. The van der Waals surface area contributed by atoms with Crippen molar-refractivity contribution in [2.75, 3.05) is 13.1 Å². The summed E-state index contributed by atoms with van der Waals surface area (Å²) >= 11 is 0. The first-order valence-corrected chi connectivity index (χ1v) is 8.71. The van der Waals surface area contributed by atoms with Gasteiger partial charge in [-0.25, -0.2) is 4.39 Å². The lowest BCUT2D eigenvalue weighted by molar-refractivity contribution is 0.0700. The maximum Gasteiger partial charge on any atom is 0.271 e. The Morgan fingerprint density at radius 2 is 2.11 bits per heavy atom. The maximum atomic E-state index is 13.5. The molecule has 7 nitrogen and oxygen atoms in total. The zero-order valence-corrected chi connectivity index (χ0v) is 14.5. The second-order valence-corrected chi connectivity index (χ2v) is 6.68. The van der Waals surface area contributed by atoms with E-state index in [0.717, 1.165) is 12.8 Å². The fraction of sp³-hybridized carbons (Fsp3) is 0.263. The van der Waals surface area contributed by atoms with Crippen molar-refractivity contribution in [1.82, 2.24) is 20.1 Å². The molecular formula is C19H18FN5O2. The number of likely N-dealkylation sites (tertiary alicyclic amines) is 1. The van der Waals surface area contributed by atoms with Crippen molar-refractivity contribution >= 4 is 22.7 Å². The molecule has 0 unspecified atom stereocenters. The highest BCUT2D eigenvalue weighted by Crippen LogP contribution is 2.30. The van der Waals surface area contributed by atoms with Crippen molar-refractivity contribution in [2.45, 2.75) is 18.8 Å². The number of hydrogen-bond donors (Lipinski definition) is 2. The number of nitrogens with zero attached hydrogens (tertiary/aromatic N) is 3. The predicted molar refractivity (Wildman–Crippen MR) is 96.7 cm³/mol. The van der Waals surface area contributed by atoms with E-state index in [4.69, 9.17) is 5.73 Å². The van der Waals surface area contributed by atoms with Crippen molar-refractivity contribution in [3.05, 3.63) is 59.3 Å². The van der Waals surface area contributed by atoms with Gasteiger partial charge in [0.1, 0.15) is 11.5 Å². The van der Waals surface area contributed by atoms with Gasteiger partial charge in [0.25, 0.3) is 11.8 Å². The van der Waals surface area contributed by atoms with Crippen LogP contribution in [0.1, 0.15) is 45.3 Å². The van der Waals surface area contributed by atoms with E-state index in [1.807, 2.05) is 0 Å². The molecule has 8 heteroatoms. The van der Waals surface area contributed by atoms with Crippen molar-refractivity contribution in [2.24, 2.45) is 5.73 Å². The average Bonchev–Trinajstić information content (AvgIpc) is 3.21. The first kappa shape index (κ1) is 17.1. The van der Waals surface area contributed by atoms with Gasteiger partial charge in [0, 0.05) is 30.6 Å². The number of pyridine rings is 1. The van der Waals surface area contributed by atoms with Crippen LogP contribution in [0.3, 0.4) is 0 Å². The SMILES string of the molecule is NC(=O)c1cc2cc(F)ccc2nc1[C@@H]1CCCN(C(=O)c2ccn[nH]2)C1. The fourth-order valence-electron chi connectivity index (χ4n) is 3.60. The molecule has 0 aliphatic carbocycles. The predicted octanol–water partition coefficient (Wildman–Crippen LogP) is 2.22. The van der Waals surface area contributed by atoms with Gasteiger partial charge in [0.2, 0.25) is 0 Å². The second-order valence-electron chi connectivity index (χ2n) is 6.68. The lowest BCUT2D eigenvalue weighted by Crippen LogP contribution is -2.40. The Kier molecular flexibility index (Phi) is 4.31. The lowest BCUT2D eigenvalue weighted by Gasteiger charge is -2.32. The van der Waals surface area contributed by atoms with Crippen LogP contribution in [0.15, 0.2) is 36.5 Å². The number of amides is 2. The number of nitrogens with two attached hydrogens (primary N) is 1. The van der Waals surface area contributed by atoms with Crippen LogP contribution >= 0.6 is 0 Å². The van der Waals surface area contributed by atoms with Crippen LogP contribution in [0.25, 0.3) is 10.9 Å². The summed E-state index contributed by atoms with van der Waals surface area (Å²) in [5.74, 6) is -1.27. The summed E-state index contributed by atoms with van der Waals surface area (Å²) in [6, 6.07) is 7.45. The van der Waals surface area contributed by atoms with Gasteiger partial charge in [-0.2, -0.15) is 5.10 Å². The van der Waals surface area contributed by atoms with Gasteiger partial charge in [0.15, 0.2) is 0 Å². The van der Waals surface area contributed by atoms with E-state index >= 15 is 0 Å². The number of piperidine rings is 1. The Hall–Kier alpha value is -3.29. The third-order valence-corrected chi connectivity index (χ3v) is 4.90. The highest BCUT2D eigenvalue weighted by molar-refractivity contribution is 5.98. The number of primary amides is 1. The number of rotatable bonds is 3. The number of fused-ring (bicyclic) bond motifs is 1. The molecule has 27 heavy (non-hydrogen) atoms. The summed E-state index contributed by atoms with van der Waals surface area (Å²) in [4.78, 5) is 30.9. The topological polar surface area (TPSA) is 105 Å². The van der Waals surface area contributed by atoms with Gasteiger partial charge < -0.3 is 10.6 Å². The Morgan fingerprint density at radius 1 is 1.26 bits per heavy atom. The molecule has 0 spiro atoms. The van der Waals surface area contributed by atoms with Crippen LogP contribution < -0.4 is 5.73 Å². The maximum absolute atomic E-state index is 13.5. The van der Waals surface area contributed by atoms with E-state index in [-0.39, 0.29) is 17.4 Å². The second kappa shape index (κ2) is 6.79. The van der Waals surface area contributed by atoms with Crippen LogP contribution in [-0.2, 0) is 0 Å². The molecule has 1 atom stereocenters.